The van der Waals surface area contributed by atoms with E-state index in [0.717, 1.165) is 51.0 Å². The Kier molecular flexibility index (Phi) is 9.80. The number of phenolic OH excluding ortho intramolecular Hbond substituents is 1. The number of para-hydroxylation sites is 1. The number of hydrogen-bond donors (Lipinski definition) is 4. The third-order valence-electron chi connectivity index (χ3n) is 9.33. The lowest BCUT2D eigenvalue weighted by atomic mass is 9.58. The van der Waals surface area contributed by atoms with Crippen molar-refractivity contribution >= 4 is 58.0 Å². The number of imide groups is 1. The van der Waals surface area contributed by atoms with E-state index in [1.165, 1.54) is 4.90 Å². The minimum Gasteiger partial charge on any atom is -0.507 e. The molecule has 0 unspecified atom stereocenters. The van der Waals surface area contributed by atoms with Crippen LogP contribution in [0.2, 0.25) is 6.32 Å². The monoisotopic (exact) mass is 684 g/mol. The molecule has 2 fully saturated rings. The molecule has 0 spiro atoms. The summed E-state index contributed by atoms with van der Waals surface area (Å²) in [5, 5.41) is 35.1. The van der Waals surface area contributed by atoms with Crippen LogP contribution in [0.3, 0.4) is 0 Å². The number of fused-ring (bicyclic) bond motifs is 3. The van der Waals surface area contributed by atoms with Gasteiger partial charge in [0, 0.05) is 21.4 Å². The summed E-state index contributed by atoms with van der Waals surface area (Å²) in [5.74, 6) is -2.01. The second kappa shape index (κ2) is 14.0. The zero-order valence-corrected chi connectivity index (χ0v) is 27.3. The van der Waals surface area contributed by atoms with Gasteiger partial charge in [-0.05, 0) is 104 Å². The maximum Gasteiger partial charge on any atom is 0.455 e. The van der Waals surface area contributed by atoms with Crippen LogP contribution in [0.15, 0.2) is 94.0 Å². The van der Waals surface area contributed by atoms with Crippen LogP contribution >= 0.6 is 15.9 Å². The number of aliphatic hydroxyl groups excluding tert-OH is 1. The molecule has 1 aliphatic carbocycles. The maximum absolute atomic E-state index is 14.0. The Hall–Kier alpha value is -3.70. The third kappa shape index (κ3) is 6.58. The number of aromatic hydroxyl groups is 1. The molecule has 2 aliphatic heterocycles. The number of aliphatic hydroxyl groups is 1. The van der Waals surface area contributed by atoms with Gasteiger partial charge in [-0.1, -0.05) is 59.1 Å². The van der Waals surface area contributed by atoms with Crippen molar-refractivity contribution in [2.45, 2.75) is 51.5 Å². The molecule has 0 saturated carbocycles. The van der Waals surface area contributed by atoms with Crippen molar-refractivity contribution in [1.82, 2.24) is 0 Å². The van der Waals surface area contributed by atoms with E-state index in [-0.39, 0.29) is 36.9 Å². The molecule has 46 heavy (non-hydrogen) atoms. The summed E-state index contributed by atoms with van der Waals surface area (Å²) >= 11 is 3.48. The van der Waals surface area contributed by atoms with Crippen LogP contribution < -0.4 is 10.2 Å². The number of benzene rings is 3. The largest absolute Gasteiger partial charge is 0.507 e. The van der Waals surface area contributed by atoms with Gasteiger partial charge in [0.05, 0.1) is 30.2 Å². The SMILES string of the molecule is CCC/C(=C\c1cc(Br)ccc1O)CC[C@H]1OB(O)C[C@H]2C1=C(CO)C[C@H]1C(=O)N(c3ccc(Nc4ccccc4)cc3)C(=O)[C@H]12. The van der Waals surface area contributed by atoms with Gasteiger partial charge in [0.25, 0.3) is 0 Å². The number of allylic oxidation sites excluding steroid dienone is 1. The average Bonchev–Trinajstić information content (AvgIpc) is 3.30. The van der Waals surface area contributed by atoms with Crippen molar-refractivity contribution in [2.24, 2.45) is 17.8 Å². The second-order valence-electron chi connectivity index (χ2n) is 12.3. The van der Waals surface area contributed by atoms with Crippen LogP contribution in [0, 0.1) is 17.8 Å². The lowest BCUT2D eigenvalue weighted by molar-refractivity contribution is -0.122. The van der Waals surface area contributed by atoms with Gasteiger partial charge in [0.1, 0.15) is 5.75 Å². The van der Waals surface area contributed by atoms with Gasteiger partial charge in [-0.15, -0.1) is 0 Å². The van der Waals surface area contributed by atoms with Crippen LogP contribution in [0.1, 0.15) is 44.6 Å². The van der Waals surface area contributed by atoms with E-state index < -0.39 is 31.0 Å². The van der Waals surface area contributed by atoms with Crippen molar-refractivity contribution in [3.8, 4) is 5.75 Å². The van der Waals surface area contributed by atoms with E-state index in [2.05, 4.69) is 28.2 Å². The predicted octanol–water partition coefficient (Wildman–Crippen LogP) is 6.86. The Labute approximate surface area is 278 Å². The Balaban J connectivity index is 1.23. The molecule has 10 heteroatoms. The molecule has 6 rings (SSSR count). The molecule has 2 amide bonds. The number of nitrogens with one attached hydrogen (secondary N) is 1. The number of hydrogen-bond acceptors (Lipinski definition) is 7. The molecule has 4 N–H and O–H groups in total. The molecule has 3 aromatic rings. The number of carbonyl (C=O) groups excluding carboxylic acids is 2. The van der Waals surface area contributed by atoms with Gasteiger partial charge in [0.15, 0.2) is 0 Å². The molecule has 0 bridgehead atoms. The quantitative estimate of drug-likeness (QED) is 0.105. The number of carbonyl (C=O) groups is 2. The zero-order valence-electron chi connectivity index (χ0n) is 25.7. The van der Waals surface area contributed by atoms with Crippen LogP contribution in [0.4, 0.5) is 17.1 Å². The van der Waals surface area contributed by atoms with Crippen LogP contribution in [0.25, 0.3) is 6.08 Å². The molecular weight excluding hydrogens is 647 g/mol. The van der Waals surface area contributed by atoms with E-state index in [1.54, 1.807) is 24.3 Å². The number of halogens is 1. The normalized spacial score (nSPS) is 23.1. The van der Waals surface area contributed by atoms with Gasteiger partial charge >= 0.3 is 7.12 Å². The van der Waals surface area contributed by atoms with E-state index in [0.29, 0.717) is 18.5 Å². The van der Waals surface area contributed by atoms with Crippen molar-refractivity contribution in [3.63, 3.8) is 0 Å². The molecule has 3 aliphatic rings. The topological polar surface area (TPSA) is 119 Å². The second-order valence-corrected chi connectivity index (χ2v) is 13.2. The first-order valence-corrected chi connectivity index (χ1v) is 16.7. The Bertz CT molecular complexity index is 1660. The molecule has 2 saturated heterocycles. The average molecular weight is 685 g/mol. The molecular formula is C36H38BBrN2O6. The molecule has 0 aromatic heterocycles. The van der Waals surface area contributed by atoms with Gasteiger partial charge in [-0.25, -0.2) is 0 Å². The van der Waals surface area contributed by atoms with Crippen molar-refractivity contribution < 1.29 is 29.5 Å². The fraction of sp³-hybridized carbons (Fsp3) is 0.333. The Morgan fingerprint density at radius 1 is 1.02 bits per heavy atom. The highest BCUT2D eigenvalue weighted by Gasteiger charge is 2.57. The van der Waals surface area contributed by atoms with Gasteiger partial charge in [-0.3, -0.25) is 14.5 Å². The van der Waals surface area contributed by atoms with Crippen LogP contribution in [0.5, 0.6) is 5.75 Å². The molecule has 238 valence electrons. The lowest BCUT2D eigenvalue weighted by Gasteiger charge is -2.43. The molecule has 3 aromatic carbocycles. The first-order chi connectivity index (χ1) is 22.3. The molecule has 4 atom stereocenters. The predicted molar refractivity (Wildman–Crippen MR) is 183 cm³/mol. The highest BCUT2D eigenvalue weighted by atomic mass is 79.9. The number of rotatable bonds is 10. The van der Waals surface area contributed by atoms with Crippen molar-refractivity contribution in [3.05, 3.63) is 99.6 Å². The fourth-order valence-corrected chi connectivity index (χ4v) is 7.69. The van der Waals surface area contributed by atoms with Crippen molar-refractivity contribution in [1.29, 1.82) is 0 Å². The minimum atomic E-state index is -1.09. The number of nitrogens with zero attached hydrogens (tertiary/aromatic N) is 1. The highest BCUT2D eigenvalue weighted by molar-refractivity contribution is 9.10. The van der Waals surface area contributed by atoms with Gasteiger partial charge in [-0.2, -0.15) is 0 Å². The van der Waals surface area contributed by atoms with E-state index >= 15 is 0 Å². The lowest BCUT2D eigenvalue weighted by Crippen LogP contribution is -2.46. The van der Waals surface area contributed by atoms with Gasteiger partial charge < -0.3 is 25.2 Å². The molecule has 8 nitrogen and oxygen atoms in total. The zero-order chi connectivity index (χ0) is 32.4. The number of phenols is 1. The van der Waals surface area contributed by atoms with E-state index in [1.807, 2.05) is 54.6 Å². The van der Waals surface area contributed by atoms with Gasteiger partial charge in [0.2, 0.25) is 11.8 Å². The number of amides is 2. The Morgan fingerprint density at radius 3 is 2.48 bits per heavy atom. The summed E-state index contributed by atoms with van der Waals surface area (Å²) in [6, 6.07) is 22.3. The minimum absolute atomic E-state index is 0.187. The first-order valence-electron chi connectivity index (χ1n) is 15.9. The standard InChI is InChI=1S/C36H38BBrN2O6/c1-2-6-22(17-23-18-25(38)10-15-31(23)42)9-16-32-33-24(21-41)19-29-34(30(33)20-37(45)46-32)36(44)40(35(29)43)28-13-11-27(12-14-28)39-26-7-4-3-5-8-26/h3-5,7-8,10-15,17-18,29-30,32,34,39,41-42,45H,2,6,9,16,19-21H2,1H3/b22-17+/t29-,30+,32-,34-/m1/s1. The summed E-state index contributed by atoms with van der Waals surface area (Å²) in [6.45, 7) is 1.86. The van der Waals surface area contributed by atoms with Crippen molar-refractivity contribution in [2.75, 3.05) is 16.8 Å². The number of anilines is 3. The Morgan fingerprint density at radius 2 is 1.76 bits per heavy atom. The summed E-state index contributed by atoms with van der Waals surface area (Å²) in [6.07, 6.45) is 4.87. The summed E-state index contributed by atoms with van der Waals surface area (Å²) in [7, 11) is -1.09. The first kappa shape index (κ1) is 32.3. The summed E-state index contributed by atoms with van der Waals surface area (Å²) < 4.78 is 6.95. The maximum atomic E-state index is 14.0. The van der Waals surface area contributed by atoms with E-state index in [4.69, 9.17) is 4.65 Å². The molecule has 2 heterocycles. The van der Waals surface area contributed by atoms with Crippen LogP contribution in [-0.4, -0.2) is 46.9 Å². The molecule has 0 radical (unpaired) electrons. The fourth-order valence-electron chi connectivity index (χ4n) is 7.31. The summed E-state index contributed by atoms with van der Waals surface area (Å²) in [4.78, 5) is 29.1. The summed E-state index contributed by atoms with van der Waals surface area (Å²) in [5.41, 5.74) is 5.68. The smallest absolute Gasteiger partial charge is 0.455 e. The highest BCUT2D eigenvalue weighted by Crippen LogP contribution is 2.51. The van der Waals surface area contributed by atoms with Crippen LogP contribution in [-0.2, 0) is 14.2 Å². The third-order valence-corrected chi connectivity index (χ3v) is 9.83. The van der Waals surface area contributed by atoms with E-state index in [9.17, 15) is 24.8 Å².